The first-order valence-electron chi connectivity index (χ1n) is 0.770. The molecule has 0 aliphatic rings. The van der Waals surface area contributed by atoms with Crippen molar-refractivity contribution in [3.8, 4) is 0 Å². The van der Waals surface area contributed by atoms with Crippen LogP contribution < -0.4 is 0 Å². The van der Waals surface area contributed by atoms with E-state index in [0.29, 0.717) is 0 Å². The molecule has 0 unspecified atom stereocenters. The van der Waals surface area contributed by atoms with Crippen molar-refractivity contribution in [1.29, 1.82) is 0 Å². The Balaban J connectivity index is 2.55. The summed E-state index contributed by atoms with van der Waals surface area (Å²) in [5, 5.41) is 0. The summed E-state index contributed by atoms with van der Waals surface area (Å²) >= 11 is 4.63. The zero-order valence-electron chi connectivity index (χ0n) is 1.91. The fourth-order valence-corrected chi connectivity index (χ4v) is 0. The Bertz CT molecular complexity index is 21.2. The number of hydrogen-bond donors (Lipinski definition) is 0. The van der Waals surface area contributed by atoms with Gasteiger partial charge in [0.25, 0.3) is 0 Å². The molecule has 0 aliphatic carbocycles. The molecule has 0 saturated heterocycles. The van der Waals surface area contributed by atoms with Gasteiger partial charge in [0.15, 0.2) is 0 Å². The van der Waals surface area contributed by atoms with Crippen molar-refractivity contribution in [1.82, 2.24) is 0 Å². The van der Waals surface area contributed by atoms with Crippen molar-refractivity contribution in [2.24, 2.45) is 0 Å². The Morgan fingerprint density at radius 1 is 1.75 bits per heavy atom. The Morgan fingerprint density at radius 3 is 2.00 bits per heavy atom. The first-order chi connectivity index (χ1) is 1.91. The highest BCUT2D eigenvalue weighted by molar-refractivity contribution is 6.25. The molecule has 0 radical (unpaired) electrons. The molecule has 0 nitrogen and oxygen atoms in total. The molecular formula is C2H2ClF. The molecule has 0 atom stereocenters. The lowest BCUT2D eigenvalue weighted by molar-refractivity contribution is 0.723. The average molecular weight is 80.5 g/mol. The summed E-state index contributed by atoms with van der Waals surface area (Å²) in [6.45, 7) is 0. The fourth-order valence-electron chi connectivity index (χ4n) is 0. The second-order valence-electron chi connectivity index (χ2n) is 0.252. The van der Waals surface area contributed by atoms with Crippen LogP contribution in [0.2, 0.25) is 0 Å². The van der Waals surface area contributed by atoms with E-state index in [1.165, 1.54) is 0 Å². The standard InChI is InChI=1S/C2H2ClF/c3-1-2-4/h1-2H/b2-1-. The lowest BCUT2D eigenvalue weighted by Gasteiger charge is -1.43. The van der Waals surface area contributed by atoms with E-state index >= 15 is 0 Å². The molecule has 0 aromatic carbocycles. The van der Waals surface area contributed by atoms with Gasteiger partial charge in [-0.05, 0) is 0 Å². The summed E-state index contributed by atoms with van der Waals surface area (Å²) in [7, 11) is 0. The van der Waals surface area contributed by atoms with E-state index in [1.807, 2.05) is 0 Å². The summed E-state index contributed by atoms with van der Waals surface area (Å²) < 4.78 is 10.4. The predicted molar refractivity (Wildman–Crippen MR) is 16.1 cm³/mol. The number of halogens is 2. The largest absolute Gasteiger partial charge is 0.215 e. The van der Waals surface area contributed by atoms with Crippen LogP contribution in [-0.2, 0) is 0 Å². The van der Waals surface area contributed by atoms with Gasteiger partial charge in [0.1, 0.15) is 0 Å². The Hall–Kier alpha value is -0.0400. The second-order valence-corrected chi connectivity index (χ2v) is 0.504. The van der Waals surface area contributed by atoms with Crippen LogP contribution in [0.4, 0.5) is 4.39 Å². The first-order valence-corrected chi connectivity index (χ1v) is 1.21. The zero-order chi connectivity index (χ0) is 3.41. The minimum atomic E-state index is 0.265. The minimum absolute atomic E-state index is 0.265. The lowest BCUT2D eigenvalue weighted by Crippen LogP contribution is -1.14. The molecule has 0 heterocycles. The monoisotopic (exact) mass is 80.0 g/mol. The number of hydrogen-bond acceptors (Lipinski definition) is 0. The maximum Gasteiger partial charge on any atom is 0.0979 e. The highest BCUT2D eigenvalue weighted by Crippen LogP contribution is 1.73. The van der Waals surface area contributed by atoms with Gasteiger partial charge in [0.2, 0.25) is 0 Å². The summed E-state index contributed by atoms with van der Waals surface area (Å²) in [5.41, 5.74) is 0.806. The van der Waals surface area contributed by atoms with Gasteiger partial charge in [-0.25, -0.2) is 4.39 Å². The van der Waals surface area contributed by atoms with Crippen molar-refractivity contribution >= 4 is 11.6 Å². The molecule has 0 fully saturated rings. The highest BCUT2D eigenvalue weighted by atomic mass is 35.5. The zero-order valence-corrected chi connectivity index (χ0v) is 2.67. The molecule has 0 saturated carbocycles. The van der Waals surface area contributed by atoms with Crippen LogP contribution in [0.3, 0.4) is 0 Å². The van der Waals surface area contributed by atoms with Crippen molar-refractivity contribution in [2.75, 3.05) is 0 Å². The van der Waals surface area contributed by atoms with Gasteiger partial charge in [-0.15, -0.1) is 0 Å². The maximum atomic E-state index is 10.4. The van der Waals surface area contributed by atoms with E-state index in [1.54, 1.807) is 0 Å². The second kappa shape index (κ2) is 2.96. The van der Waals surface area contributed by atoms with Crippen LogP contribution in [0, 0.1) is 0 Å². The van der Waals surface area contributed by atoms with E-state index in [0.717, 1.165) is 5.54 Å². The quantitative estimate of drug-likeness (QED) is 0.415. The van der Waals surface area contributed by atoms with Gasteiger partial charge in [0, 0.05) is 5.54 Å². The van der Waals surface area contributed by atoms with Gasteiger partial charge >= 0.3 is 0 Å². The van der Waals surface area contributed by atoms with Crippen molar-refractivity contribution in [3.05, 3.63) is 11.9 Å². The van der Waals surface area contributed by atoms with Crippen molar-refractivity contribution in [2.45, 2.75) is 0 Å². The lowest BCUT2D eigenvalue weighted by atomic mass is 11.2. The summed E-state index contributed by atoms with van der Waals surface area (Å²) in [4.78, 5) is 0. The summed E-state index contributed by atoms with van der Waals surface area (Å²) in [6, 6.07) is 0. The maximum absolute atomic E-state index is 10.4. The molecular weight excluding hydrogens is 78.5 g/mol. The molecule has 0 bridgehead atoms. The van der Waals surface area contributed by atoms with E-state index in [2.05, 4.69) is 11.6 Å². The van der Waals surface area contributed by atoms with Gasteiger partial charge in [0.05, 0.1) is 6.33 Å². The average Bonchev–Trinajstić information content (AvgIpc) is 1.37. The molecule has 0 aromatic heterocycles. The molecule has 4 heavy (non-hydrogen) atoms. The topological polar surface area (TPSA) is 0 Å². The highest BCUT2D eigenvalue weighted by Gasteiger charge is 1.41. The molecule has 2 heteroatoms. The van der Waals surface area contributed by atoms with Crippen molar-refractivity contribution in [3.63, 3.8) is 0 Å². The van der Waals surface area contributed by atoms with E-state index in [9.17, 15) is 4.39 Å². The Labute approximate surface area is 28.9 Å². The predicted octanol–water partition coefficient (Wildman–Crippen LogP) is 1.67. The van der Waals surface area contributed by atoms with Crippen LogP contribution in [0.15, 0.2) is 11.9 Å². The third-order valence-electron chi connectivity index (χ3n) is 0.0476. The van der Waals surface area contributed by atoms with Gasteiger partial charge in [-0.3, -0.25) is 0 Å². The number of rotatable bonds is 0. The fraction of sp³-hybridized carbons (Fsp3) is 0. The summed E-state index contributed by atoms with van der Waals surface area (Å²) in [6.07, 6.45) is 0.265. The van der Waals surface area contributed by atoms with E-state index in [-0.39, 0.29) is 6.33 Å². The van der Waals surface area contributed by atoms with Crippen molar-refractivity contribution < 1.29 is 4.39 Å². The first kappa shape index (κ1) is 3.96. The molecule has 0 rings (SSSR count). The molecule has 0 spiro atoms. The van der Waals surface area contributed by atoms with Crippen LogP contribution in [0.1, 0.15) is 0 Å². The van der Waals surface area contributed by atoms with Gasteiger partial charge in [-0.1, -0.05) is 11.6 Å². The third kappa shape index (κ3) is 1.96. The van der Waals surface area contributed by atoms with Gasteiger partial charge < -0.3 is 0 Å². The molecule has 0 aliphatic heterocycles. The molecule has 0 aromatic rings. The van der Waals surface area contributed by atoms with Crippen LogP contribution >= 0.6 is 11.6 Å². The SMILES string of the molecule is F/C=C\Cl. The Morgan fingerprint density at radius 2 is 2.00 bits per heavy atom. The van der Waals surface area contributed by atoms with Crippen LogP contribution in [-0.4, -0.2) is 0 Å². The van der Waals surface area contributed by atoms with Gasteiger partial charge in [-0.2, -0.15) is 0 Å². The minimum Gasteiger partial charge on any atom is -0.215 e. The smallest absolute Gasteiger partial charge is 0.0979 e. The summed E-state index contributed by atoms with van der Waals surface area (Å²) in [5.74, 6) is 0. The molecule has 24 valence electrons. The third-order valence-corrected chi connectivity index (χ3v) is 0.143. The molecule has 0 N–H and O–H groups in total. The van der Waals surface area contributed by atoms with Crippen LogP contribution in [0.5, 0.6) is 0 Å². The van der Waals surface area contributed by atoms with Crippen LogP contribution in [0.25, 0.3) is 0 Å². The van der Waals surface area contributed by atoms with E-state index < -0.39 is 0 Å². The molecule has 0 amide bonds. The normalized spacial score (nSPS) is 9.50. The van der Waals surface area contributed by atoms with E-state index in [4.69, 9.17) is 0 Å². The Kier molecular flexibility index (Phi) is 2.93.